The maximum atomic E-state index is 13.0. The molecule has 6 nitrogen and oxygen atoms in total. The van der Waals surface area contributed by atoms with Crippen LogP contribution >= 0.6 is 0 Å². The molecule has 9 heteroatoms. The van der Waals surface area contributed by atoms with Crippen molar-refractivity contribution in [2.45, 2.75) is 13.1 Å². The fourth-order valence-corrected chi connectivity index (χ4v) is 3.18. The van der Waals surface area contributed by atoms with E-state index in [-0.39, 0.29) is 5.82 Å². The summed E-state index contributed by atoms with van der Waals surface area (Å²) in [5.74, 6) is 1.33. The number of nitrogens with zero attached hydrogens (tertiary/aromatic N) is 5. The van der Waals surface area contributed by atoms with Gasteiger partial charge in [-0.3, -0.25) is 0 Å². The van der Waals surface area contributed by atoms with E-state index in [1.54, 1.807) is 26.6 Å². The molecule has 4 aromatic rings. The highest BCUT2D eigenvalue weighted by Gasteiger charge is 2.30. The zero-order valence-electron chi connectivity index (χ0n) is 16.5. The number of aryl methyl sites for hydroxylation is 2. The molecule has 0 unspecified atom stereocenters. The summed E-state index contributed by atoms with van der Waals surface area (Å²) < 4.78 is 48.0. The highest BCUT2D eigenvalue weighted by atomic mass is 19.4. The second kappa shape index (κ2) is 7.33. The highest BCUT2D eigenvalue weighted by Crippen LogP contribution is 2.33. The van der Waals surface area contributed by atoms with Crippen molar-refractivity contribution in [2.24, 2.45) is 7.05 Å². The topological polar surface area (TPSA) is 57.8 Å². The fraction of sp³-hybridized carbons (Fsp3) is 0.190. The Morgan fingerprint density at radius 3 is 2.50 bits per heavy atom. The number of hydrogen-bond donors (Lipinski definition) is 0. The van der Waals surface area contributed by atoms with E-state index in [4.69, 9.17) is 4.74 Å². The number of methoxy groups -OCH3 is 1. The van der Waals surface area contributed by atoms with Crippen molar-refractivity contribution >= 4 is 0 Å². The SMILES string of the molecule is COc1cc(-c2nc(-c3cccc(C(F)(F)F)c3)nn2C)ccc1-n1cnc(C)c1. The molecule has 0 saturated carbocycles. The molecule has 0 amide bonds. The third kappa shape index (κ3) is 3.66. The Kier molecular flexibility index (Phi) is 4.81. The van der Waals surface area contributed by atoms with E-state index < -0.39 is 11.7 Å². The predicted octanol–water partition coefficient (Wildman–Crippen LogP) is 4.67. The summed E-state index contributed by atoms with van der Waals surface area (Å²) in [6, 6.07) is 10.5. The lowest BCUT2D eigenvalue weighted by atomic mass is 10.1. The molecule has 2 heterocycles. The quantitative estimate of drug-likeness (QED) is 0.488. The number of halogens is 3. The first-order valence-electron chi connectivity index (χ1n) is 9.04. The van der Waals surface area contributed by atoms with Crippen LogP contribution in [0.1, 0.15) is 11.3 Å². The number of alkyl halides is 3. The zero-order valence-corrected chi connectivity index (χ0v) is 16.5. The summed E-state index contributed by atoms with van der Waals surface area (Å²) in [5.41, 5.74) is 1.96. The van der Waals surface area contributed by atoms with Crippen molar-refractivity contribution in [1.29, 1.82) is 0 Å². The number of rotatable bonds is 4. The van der Waals surface area contributed by atoms with E-state index >= 15 is 0 Å². The van der Waals surface area contributed by atoms with Crippen LogP contribution in [-0.2, 0) is 13.2 Å². The lowest BCUT2D eigenvalue weighted by molar-refractivity contribution is -0.137. The molecule has 0 atom stereocenters. The van der Waals surface area contributed by atoms with Crippen molar-refractivity contribution in [3.8, 4) is 34.2 Å². The van der Waals surface area contributed by atoms with Crippen LogP contribution < -0.4 is 4.74 Å². The van der Waals surface area contributed by atoms with Gasteiger partial charge >= 0.3 is 6.18 Å². The average molecular weight is 413 g/mol. The minimum Gasteiger partial charge on any atom is -0.495 e. The summed E-state index contributed by atoms with van der Waals surface area (Å²) in [6.07, 6.45) is -0.852. The van der Waals surface area contributed by atoms with Crippen molar-refractivity contribution in [3.05, 3.63) is 66.2 Å². The lowest BCUT2D eigenvalue weighted by Crippen LogP contribution is -2.04. The Labute approximate surface area is 170 Å². The predicted molar refractivity (Wildman–Crippen MR) is 105 cm³/mol. The van der Waals surface area contributed by atoms with Crippen molar-refractivity contribution in [3.63, 3.8) is 0 Å². The number of hydrogen-bond acceptors (Lipinski definition) is 4. The van der Waals surface area contributed by atoms with Crippen LogP contribution in [-0.4, -0.2) is 31.4 Å². The minimum atomic E-state index is -4.43. The van der Waals surface area contributed by atoms with Gasteiger partial charge in [0.05, 0.1) is 30.4 Å². The normalized spacial score (nSPS) is 11.7. The number of ether oxygens (including phenoxy) is 1. The maximum absolute atomic E-state index is 13.0. The molecule has 0 bridgehead atoms. The van der Waals surface area contributed by atoms with Gasteiger partial charge in [-0.25, -0.2) is 14.6 Å². The van der Waals surface area contributed by atoms with Gasteiger partial charge in [-0.2, -0.15) is 18.3 Å². The van der Waals surface area contributed by atoms with Crippen LogP contribution in [0.2, 0.25) is 0 Å². The lowest BCUT2D eigenvalue weighted by Gasteiger charge is -2.11. The molecule has 0 aliphatic carbocycles. The molecule has 0 N–H and O–H groups in total. The molecule has 2 aromatic heterocycles. The van der Waals surface area contributed by atoms with Crippen LogP contribution in [0.4, 0.5) is 13.2 Å². The van der Waals surface area contributed by atoms with Gasteiger partial charge in [0.25, 0.3) is 0 Å². The van der Waals surface area contributed by atoms with Gasteiger partial charge in [-0.15, -0.1) is 0 Å². The number of imidazole rings is 1. The summed E-state index contributed by atoms with van der Waals surface area (Å²) in [6.45, 7) is 1.90. The first-order chi connectivity index (χ1) is 14.3. The Bertz CT molecular complexity index is 1210. The van der Waals surface area contributed by atoms with Crippen LogP contribution in [0.25, 0.3) is 28.5 Å². The standard InChI is InChI=1S/C21H18F3N5O/c1-13-11-29(12-25-13)17-8-7-15(10-18(17)30-3)20-26-19(27-28(20)2)14-5-4-6-16(9-14)21(22,23)24/h4-12H,1-3H3. The molecule has 2 aromatic carbocycles. The molecular weight excluding hydrogens is 395 g/mol. The molecule has 154 valence electrons. The monoisotopic (exact) mass is 413 g/mol. The third-order valence-corrected chi connectivity index (χ3v) is 4.64. The van der Waals surface area contributed by atoms with Crippen molar-refractivity contribution < 1.29 is 17.9 Å². The Hall–Kier alpha value is -3.62. The van der Waals surface area contributed by atoms with E-state index in [0.717, 1.165) is 29.1 Å². The first kappa shape index (κ1) is 19.7. The molecule has 0 aliphatic rings. The number of benzene rings is 2. The number of aromatic nitrogens is 5. The largest absolute Gasteiger partial charge is 0.495 e. The smallest absolute Gasteiger partial charge is 0.416 e. The molecule has 0 aliphatic heterocycles. The first-order valence-corrected chi connectivity index (χ1v) is 9.04. The summed E-state index contributed by atoms with van der Waals surface area (Å²) in [4.78, 5) is 8.69. The molecule has 0 radical (unpaired) electrons. The van der Waals surface area contributed by atoms with Crippen molar-refractivity contribution in [2.75, 3.05) is 7.11 Å². The molecule has 4 rings (SSSR count). The van der Waals surface area contributed by atoms with Crippen molar-refractivity contribution in [1.82, 2.24) is 24.3 Å². The summed E-state index contributed by atoms with van der Waals surface area (Å²) in [7, 11) is 3.26. The van der Waals surface area contributed by atoms with Crippen LogP contribution in [0.5, 0.6) is 5.75 Å². The Balaban J connectivity index is 1.73. The minimum absolute atomic E-state index is 0.215. The van der Waals surface area contributed by atoms with E-state index in [1.807, 2.05) is 35.9 Å². The van der Waals surface area contributed by atoms with E-state index in [9.17, 15) is 13.2 Å². The van der Waals surface area contributed by atoms with Gasteiger partial charge in [-0.1, -0.05) is 12.1 Å². The third-order valence-electron chi connectivity index (χ3n) is 4.64. The molecule has 0 saturated heterocycles. The van der Waals surface area contributed by atoms with E-state index in [1.165, 1.54) is 10.7 Å². The van der Waals surface area contributed by atoms with Gasteiger partial charge in [0.2, 0.25) is 0 Å². The highest BCUT2D eigenvalue weighted by molar-refractivity contribution is 5.66. The Morgan fingerprint density at radius 1 is 1.03 bits per heavy atom. The molecule has 0 fully saturated rings. The second-order valence-electron chi connectivity index (χ2n) is 6.77. The van der Waals surface area contributed by atoms with E-state index in [2.05, 4.69) is 15.1 Å². The van der Waals surface area contributed by atoms with Crippen LogP contribution in [0.15, 0.2) is 55.0 Å². The van der Waals surface area contributed by atoms with Gasteiger partial charge < -0.3 is 9.30 Å². The Morgan fingerprint density at radius 2 is 1.83 bits per heavy atom. The molecular formula is C21H18F3N5O. The van der Waals surface area contributed by atoms with E-state index in [0.29, 0.717) is 17.1 Å². The fourth-order valence-electron chi connectivity index (χ4n) is 3.18. The maximum Gasteiger partial charge on any atom is 0.416 e. The van der Waals surface area contributed by atoms with Crippen LogP contribution in [0.3, 0.4) is 0 Å². The second-order valence-corrected chi connectivity index (χ2v) is 6.77. The van der Waals surface area contributed by atoms with Gasteiger partial charge in [-0.05, 0) is 37.3 Å². The zero-order chi connectivity index (χ0) is 21.5. The molecule has 0 spiro atoms. The van der Waals surface area contributed by atoms with Gasteiger partial charge in [0, 0.05) is 24.4 Å². The summed E-state index contributed by atoms with van der Waals surface area (Å²) >= 11 is 0. The average Bonchev–Trinajstić information content (AvgIpc) is 3.32. The van der Waals surface area contributed by atoms with Gasteiger partial charge in [0.15, 0.2) is 11.6 Å². The molecule has 30 heavy (non-hydrogen) atoms. The van der Waals surface area contributed by atoms with Gasteiger partial charge in [0.1, 0.15) is 5.75 Å². The van der Waals surface area contributed by atoms with Crippen LogP contribution in [0, 0.1) is 6.92 Å². The summed E-state index contributed by atoms with van der Waals surface area (Å²) in [5, 5.41) is 4.30.